The van der Waals surface area contributed by atoms with Gasteiger partial charge in [0.1, 0.15) is 5.78 Å². The van der Waals surface area contributed by atoms with Crippen molar-refractivity contribution in [3.05, 3.63) is 12.3 Å². The molecule has 2 aliphatic rings. The SMILES string of the molecule is C=C(NC(CN1CCCCC1)C(C)C(CCCC)C(C)=O)C(C(C)C)N1CCCC1C. The molecule has 0 aliphatic carbocycles. The van der Waals surface area contributed by atoms with Crippen molar-refractivity contribution in [3.8, 4) is 0 Å². The van der Waals surface area contributed by atoms with Gasteiger partial charge >= 0.3 is 0 Å². The molecule has 0 bridgehead atoms. The molecule has 0 aromatic heterocycles. The van der Waals surface area contributed by atoms with Crippen molar-refractivity contribution in [1.82, 2.24) is 15.1 Å². The summed E-state index contributed by atoms with van der Waals surface area (Å²) in [5.41, 5.74) is 1.16. The van der Waals surface area contributed by atoms with Crippen LogP contribution in [0.2, 0.25) is 0 Å². The standard InChI is InChI=1S/C27H51N3O/c1-8-9-15-25(24(7)31)22(5)26(19-29-16-11-10-12-17-29)28-23(6)27(20(2)3)30-18-13-14-21(30)4/h20-22,25-28H,6,8-19H2,1-5,7H3. The van der Waals surface area contributed by atoms with E-state index in [1.807, 2.05) is 0 Å². The highest BCUT2D eigenvalue weighted by Gasteiger charge is 2.35. The highest BCUT2D eigenvalue weighted by Crippen LogP contribution is 2.29. The first-order valence-electron chi connectivity index (χ1n) is 13.2. The molecule has 1 N–H and O–H groups in total. The van der Waals surface area contributed by atoms with Crippen molar-refractivity contribution >= 4 is 5.78 Å². The lowest BCUT2D eigenvalue weighted by atomic mass is 9.81. The summed E-state index contributed by atoms with van der Waals surface area (Å²) in [5, 5.41) is 3.92. The van der Waals surface area contributed by atoms with Gasteiger partial charge in [-0.1, -0.05) is 53.5 Å². The molecule has 2 saturated heterocycles. The van der Waals surface area contributed by atoms with E-state index in [2.05, 4.69) is 56.3 Å². The highest BCUT2D eigenvalue weighted by molar-refractivity contribution is 5.78. The molecule has 180 valence electrons. The summed E-state index contributed by atoms with van der Waals surface area (Å²) < 4.78 is 0. The Morgan fingerprint density at radius 1 is 1.10 bits per heavy atom. The van der Waals surface area contributed by atoms with Crippen molar-refractivity contribution < 1.29 is 4.79 Å². The Bertz CT molecular complexity index is 555. The maximum Gasteiger partial charge on any atom is 0.133 e. The van der Waals surface area contributed by atoms with E-state index in [1.165, 1.54) is 51.7 Å². The van der Waals surface area contributed by atoms with Crippen LogP contribution in [0.25, 0.3) is 0 Å². The zero-order valence-corrected chi connectivity index (χ0v) is 21.5. The predicted octanol–water partition coefficient (Wildman–Crippen LogP) is 5.48. The number of rotatable bonds is 13. The number of carbonyl (C=O) groups is 1. The topological polar surface area (TPSA) is 35.6 Å². The summed E-state index contributed by atoms with van der Waals surface area (Å²) >= 11 is 0. The van der Waals surface area contributed by atoms with Gasteiger partial charge in [0, 0.05) is 30.2 Å². The van der Waals surface area contributed by atoms with Crippen molar-refractivity contribution in [3.63, 3.8) is 0 Å². The fourth-order valence-corrected chi connectivity index (χ4v) is 5.98. The number of hydrogen-bond acceptors (Lipinski definition) is 4. The van der Waals surface area contributed by atoms with E-state index in [0.29, 0.717) is 29.7 Å². The molecule has 2 fully saturated rings. The summed E-state index contributed by atoms with van der Waals surface area (Å²) in [6.07, 6.45) is 9.81. The lowest BCUT2D eigenvalue weighted by Crippen LogP contribution is -2.52. The van der Waals surface area contributed by atoms with Gasteiger partial charge in [-0.05, 0) is 77.4 Å². The summed E-state index contributed by atoms with van der Waals surface area (Å²) in [4.78, 5) is 17.9. The number of hydrogen-bond donors (Lipinski definition) is 1. The van der Waals surface area contributed by atoms with E-state index < -0.39 is 0 Å². The van der Waals surface area contributed by atoms with Gasteiger partial charge in [0.2, 0.25) is 0 Å². The zero-order valence-electron chi connectivity index (χ0n) is 21.5. The quantitative estimate of drug-likeness (QED) is 0.417. The third-order valence-electron chi connectivity index (χ3n) is 7.88. The minimum absolute atomic E-state index is 0.137. The van der Waals surface area contributed by atoms with E-state index in [0.717, 1.165) is 31.5 Å². The van der Waals surface area contributed by atoms with Crippen molar-refractivity contribution in [2.24, 2.45) is 17.8 Å². The maximum absolute atomic E-state index is 12.6. The molecule has 5 atom stereocenters. The second-order valence-electron chi connectivity index (χ2n) is 10.8. The highest BCUT2D eigenvalue weighted by atomic mass is 16.1. The van der Waals surface area contributed by atoms with Crippen molar-refractivity contribution in [2.45, 2.75) is 111 Å². The first-order chi connectivity index (χ1) is 14.8. The van der Waals surface area contributed by atoms with Crippen LogP contribution in [-0.4, -0.2) is 59.9 Å². The Kier molecular flexibility index (Phi) is 11.1. The van der Waals surface area contributed by atoms with E-state index in [9.17, 15) is 4.79 Å². The normalized spacial score (nSPS) is 24.7. The van der Waals surface area contributed by atoms with Gasteiger partial charge in [-0.15, -0.1) is 0 Å². The molecule has 4 heteroatoms. The molecule has 5 unspecified atom stereocenters. The number of likely N-dealkylation sites (tertiary alicyclic amines) is 2. The second-order valence-corrected chi connectivity index (χ2v) is 10.8. The van der Waals surface area contributed by atoms with Crippen LogP contribution >= 0.6 is 0 Å². The smallest absolute Gasteiger partial charge is 0.133 e. The van der Waals surface area contributed by atoms with E-state index >= 15 is 0 Å². The van der Waals surface area contributed by atoms with Crippen LogP contribution < -0.4 is 5.32 Å². The van der Waals surface area contributed by atoms with E-state index in [-0.39, 0.29) is 12.0 Å². The third-order valence-corrected chi connectivity index (χ3v) is 7.88. The zero-order chi connectivity index (χ0) is 23.0. The van der Waals surface area contributed by atoms with E-state index in [4.69, 9.17) is 0 Å². The number of nitrogens with zero attached hydrogens (tertiary/aromatic N) is 2. The second kappa shape index (κ2) is 13.0. The Morgan fingerprint density at radius 2 is 1.77 bits per heavy atom. The number of carbonyl (C=O) groups excluding carboxylic acids is 1. The molecule has 2 rings (SSSR count). The molecular formula is C27H51N3O. The Morgan fingerprint density at radius 3 is 2.29 bits per heavy atom. The summed E-state index contributed by atoms with van der Waals surface area (Å²) in [6, 6.07) is 1.26. The summed E-state index contributed by atoms with van der Waals surface area (Å²) in [5.74, 6) is 1.32. The fourth-order valence-electron chi connectivity index (χ4n) is 5.98. The van der Waals surface area contributed by atoms with E-state index in [1.54, 1.807) is 6.92 Å². The number of nitrogens with one attached hydrogen (secondary N) is 1. The first-order valence-corrected chi connectivity index (χ1v) is 13.2. The number of Topliss-reactive ketones (excluding diaryl/α,β-unsaturated/α-hetero) is 1. The van der Waals surface area contributed by atoms with Crippen LogP contribution in [0.1, 0.15) is 92.9 Å². The van der Waals surface area contributed by atoms with Crippen LogP contribution in [0.3, 0.4) is 0 Å². The summed E-state index contributed by atoms with van der Waals surface area (Å²) in [6.45, 7) is 22.5. The molecule has 0 spiro atoms. The Hall–Kier alpha value is -0.870. The number of ketones is 1. The van der Waals surface area contributed by atoms with Gasteiger partial charge in [-0.3, -0.25) is 9.69 Å². The minimum Gasteiger partial charge on any atom is -0.383 e. The molecule has 2 heterocycles. The minimum atomic E-state index is 0.137. The lowest BCUT2D eigenvalue weighted by molar-refractivity contribution is -0.122. The average Bonchev–Trinajstić information content (AvgIpc) is 3.13. The van der Waals surface area contributed by atoms with Gasteiger partial charge in [0.25, 0.3) is 0 Å². The van der Waals surface area contributed by atoms with Crippen LogP contribution in [0.15, 0.2) is 12.3 Å². The molecule has 0 amide bonds. The predicted molar refractivity (Wildman–Crippen MR) is 133 cm³/mol. The van der Waals surface area contributed by atoms with Crippen LogP contribution in [0.5, 0.6) is 0 Å². The maximum atomic E-state index is 12.6. The largest absolute Gasteiger partial charge is 0.383 e. The molecule has 0 aromatic carbocycles. The van der Waals surface area contributed by atoms with Gasteiger partial charge in [-0.25, -0.2) is 0 Å². The monoisotopic (exact) mass is 433 g/mol. The fraction of sp³-hybridized carbons (Fsp3) is 0.889. The van der Waals surface area contributed by atoms with Gasteiger partial charge in [0.15, 0.2) is 0 Å². The molecule has 2 aliphatic heterocycles. The van der Waals surface area contributed by atoms with Crippen molar-refractivity contribution in [1.29, 1.82) is 0 Å². The Balaban J connectivity index is 2.19. The molecule has 0 saturated carbocycles. The lowest BCUT2D eigenvalue weighted by Gasteiger charge is -2.41. The van der Waals surface area contributed by atoms with Crippen LogP contribution in [0.4, 0.5) is 0 Å². The van der Waals surface area contributed by atoms with Gasteiger partial charge in [-0.2, -0.15) is 0 Å². The van der Waals surface area contributed by atoms with Crippen molar-refractivity contribution in [2.75, 3.05) is 26.2 Å². The van der Waals surface area contributed by atoms with Crippen LogP contribution in [-0.2, 0) is 4.79 Å². The van der Waals surface area contributed by atoms with Gasteiger partial charge < -0.3 is 10.2 Å². The van der Waals surface area contributed by atoms with Gasteiger partial charge in [0.05, 0.1) is 6.04 Å². The average molecular weight is 434 g/mol. The third kappa shape index (κ3) is 7.60. The molecule has 0 radical (unpaired) electrons. The Labute approximate surface area is 193 Å². The molecule has 0 aromatic rings. The number of piperidine rings is 1. The van der Waals surface area contributed by atoms with Crippen LogP contribution in [0, 0.1) is 17.8 Å². The number of unbranched alkanes of at least 4 members (excludes halogenated alkanes) is 1. The molecule has 4 nitrogen and oxygen atoms in total. The molecule has 31 heavy (non-hydrogen) atoms. The molecular weight excluding hydrogens is 382 g/mol. The summed E-state index contributed by atoms with van der Waals surface area (Å²) in [7, 11) is 0. The first kappa shape index (κ1) is 26.4.